The Morgan fingerprint density at radius 3 is 2.38 bits per heavy atom. The van der Waals surface area contributed by atoms with E-state index in [1.54, 1.807) is 36.4 Å². The van der Waals surface area contributed by atoms with Crippen molar-refractivity contribution in [1.82, 2.24) is 5.32 Å². The number of anilines is 1. The lowest BCUT2D eigenvalue weighted by Gasteiger charge is -2.11. The molecule has 126 valence electrons. The van der Waals surface area contributed by atoms with E-state index in [4.69, 9.17) is 0 Å². The van der Waals surface area contributed by atoms with E-state index in [0.29, 0.717) is 5.56 Å². The van der Waals surface area contributed by atoms with Crippen LogP contribution in [0.1, 0.15) is 16.8 Å². The minimum Gasteiger partial charge on any atom is -0.433 e. The van der Waals surface area contributed by atoms with Crippen molar-refractivity contribution in [2.75, 3.05) is 11.9 Å². The molecule has 0 unspecified atom stereocenters. The van der Waals surface area contributed by atoms with Crippen LogP contribution < -0.4 is 15.4 Å². The summed E-state index contributed by atoms with van der Waals surface area (Å²) >= 11 is 0. The molecule has 0 radical (unpaired) electrons. The summed E-state index contributed by atoms with van der Waals surface area (Å²) < 4.78 is 28.9. The molecule has 0 aliphatic rings. The molecule has 0 bridgehead atoms. The number of benzene rings is 2. The SMILES string of the molecule is O=C(CCNC(=O)c1ccccc1)Nc1ccccc1OC(F)F. The molecule has 0 saturated heterocycles. The first-order chi connectivity index (χ1) is 11.6. The van der Waals surface area contributed by atoms with Crippen molar-refractivity contribution in [2.45, 2.75) is 13.0 Å². The monoisotopic (exact) mass is 334 g/mol. The topological polar surface area (TPSA) is 67.4 Å². The summed E-state index contributed by atoms with van der Waals surface area (Å²) in [6.07, 6.45) is 0.00157. The highest BCUT2D eigenvalue weighted by Crippen LogP contribution is 2.25. The van der Waals surface area contributed by atoms with Gasteiger partial charge in [-0.1, -0.05) is 30.3 Å². The Morgan fingerprint density at radius 1 is 1.00 bits per heavy atom. The first-order valence-electron chi connectivity index (χ1n) is 7.23. The Labute approximate surface area is 137 Å². The van der Waals surface area contributed by atoms with Crippen molar-refractivity contribution in [3.63, 3.8) is 0 Å². The van der Waals surface area contributed by atoms with Crippen molar-refractivity contribution in [3.05, 3.63) is 60.2 Å². The van der Waals surface area contributed by atoms with E-state index in [-0.39, 0.29) is 30.3 Å². The number of hydrogen-bond donors (Lipinski definition) is 2. The zero-order valence-corrected chi connectivity index (χ0v) is 12.7. The molecular weight excluding hydrogens is 318 g/mol. The maximum Gasteiger partial charge on any atom is 0.387 e. The summed E-state index contributed by atoms with van der Waals surface area (Å²) in [6.45, 7) is -2.86. The van der Waals surface area contributed by atoms with Gasteiger partial charge in [-0.15, -0.1) is 0 Å². The van der Waals surface area contributed by atoms with Crippen molar-refractivity contribution < 1.29 is 23.1 Å². The second-order valence-electron chi connectivity index (χ2n) is 4.79. The highest BCUT2D eigenvalue weighted by Gasteiger charge is 2.12. The summed E-state index contributed by atoms with van der Waals surface area (Å²) in [5.74, 6) is -0.826. The number of carbonyl (C=O) groups excluding carboxylic acids is 2. The third kappa shape index (κ3) is 5.35. The van der Waals surface area contributed by atoms with E-state index in [9.17, 15) is 18.4 Å². The number of ether oxygens (including phenoxy) is 1. The zero-order chi connectivity index (χ0) is 17.4. The van der Waals surface area contributed by atoms with Gasteiger partial charge in [-0.05, 0) is 24.3 Å². The van der Waals surface area contributed by atoms with E-state index < -0.39 is 12.5 Å². The van der Waals surface area contributed by atoms with Crippen LogP contribution in [0.5, 0.6) is 5.75 Å². The Hall–Kier alpha value is -2.96. The van der Waals surface area contributed by atoms with Crippen molar-refractivity contribution >= 4 is 17.5 Å². The number of rotatable bonds is 7. The van der Waals surface area contributed by atoms with Crippen LogP contribution in [-0.4, -0.2) is 25.0 Å². The second-order valence-corrected chi connectivity index (χ2v) is 4.79. The molecule has 2 rings (SSSR count). The van der Waals surface area contributed by atoms with Crippen LogP contribution in [0, 0.1) is 0 Å². The number of hydrogen-bond acceptors (Lipinski definition) is 3. The van der Waals surface area contributed by atoms with E-state index in [1.165, 1.54) is 18.2 Å². The molecule has 2 N–H and O–H groups in total. The summed E-state index contributed by atoms with van der Waals surface area (Å²) in [7, 11) is 0. The van der Waals surface area contributed by atoms with Gasteiger partial charge in [-0.25, -0.2) is 0 Å². The van der Waals surface area contributed by atoms with E-state index in [0.717, 1.165) is 0 Å². The smallest absolute Gasteiger partial charge is 0.387 e. The van der Waals surface area contributed by atoms with Gasteiger partial charge >= 0.3 is 6.61 Å². The zero-order valence-electron chi connectivity index (χ0n) is 12.7. The molecule has 0 spiro atoms. The lowest BCUT2D eigenvalue weighted by molar-refractivity contribution is -0.116. The predicted molar refractivity (Wildman–Crippen MR) is 85.1 cm³/mol. The molecule has 2 amide bonds. The second kappa shape index (κ2) is 8.61. The Morgan fingerprint density at radius 2 is 1.67 bits per heavy atom. The quantitative estimate of drug-likeness (QED) is 0.818. The summed E-state index contributed by atoms with van der Waals surface area (Å²) in [6, 6.07) is 14.5. The highest BCUT2D eigenvalue weighted by atomic mass is 19.3. The van der Waals surface area contributed by atoms with Gasteiger partial charge in [0.2, 0.25) is 5.91 Å². The fourth-order valence-electron chi connectivity index (χ4n) is 1.96. The standard InChI is InChI=1S/C17H16F2N2O3/c18-17(19)24-14-9-5-4-8-13(14)21-15(22)10-11-20-16(23)12-6-2-1-3-7-12/h1-9,17H,10-11H2,(H,20,23)(H,21,22). The van der Waals surface area contributed by atoms with Crippen LogP contribution in [0.15, 0.2) is 54.6 Å². The molecule has 0 aromatic heterocycles. The summed E-state index contributed by atoms with van der Waals surface area (Å²) in [5.41, 5.74) is 0.644. The number of carbonyl (C=O) groups is 2. The molecule has 0 aliphatic carbocycles. The molecule has 2 aromatic carbocycles. The van der Waals surface area contributed by atoms with Crippen LogP contribution >= 0.6 is 0 Å². The average Bonchev–Trinajstić information content (AvgIpc) is 2.57. The number of para-hydroxylation sites is 2. The average molecular weight is 334 g/mol. The molecule has 5 nitrogen and oxygen atoms in total. The summed E-state index contributed by atoms with van der Waals surface area (Å²) in [5, 5.41) is 5.09. The van der Waals surface area contributed by atoms with Gasteiger partial charge in [0.25, 0.3) is 5.91 Å². The van der Waals surface area contributed by atoms with Gasteiger partial charge < -0.3 is 15.4 Å². The van der Waals surface area contributed by atoms with Crippen molar-refractivity contribution in [2.24, 2.45) is 0 Å². The van der Waals surface area contributed by atoms with Crippen LogP contribution in [0.3, 0.4) is 0 Å². The van der Waals surface area contributed by atoms with Gasteiger partial charge in [0.15, 0.2) is 0 Å². The molecule has 24 heavy (non-hydrogen) atoms. The number of halogens is 2. The van der Waals surface area contributed by atoms with E-state index >= 15 is 0 Å². The predicted octanol–water partition coefficient (Wildman–Crippen LogP) is 3.05. The minimum absolute atomic E-state index is 0.00157. The fourth-order valence-corrected chi connectivity index (χ4v) is 1.96. The normalized spacial score (nSPS) is 10.3. The van der Waals surface area contributed by atoms with Gasteiger partial charge in [0, 0.05) is 18.5 Å². The molecule has 2 aromatic rings. The van der Waals surface area contributed by atoms with Gasteiger partial charge in [-0.2, -0.15) is 8.78 Å². The molecule has 7 heteroatoms. The van der Waals surface area contributed by atoms with E-state index in [1.807, 2.05) is 0 Å². The molecule has 0 heterocycles. The summed E-state index contributed by atoms with van der Waals surface area (Å²) in [4.78, 5) is 23.7. The van der Waals surface area contributed by atoms with Crippen LogP contribution in [0.4, 0.5) is 14.5 Å². The molecule has 0 atom stereocenters. The molecule has 0 aliphatic heterocycles. The first kappa shape index (κ1) is 17.4. The number of nitrogens with one attached hydrogen (secondary N) is 2. The Balaban J connectivity index is 1.83. The highest BCUT2D eigenvalue weighted by molar-refractivity contribution is 5.95. The van der Waals surface area contributed by atoms with Gasteiger partial charge in [-0.3, -0.25) is 9.59 Å². The van der Waals surface area contributed by atoms with Crippen LogP contribution in [0.25, 0.3) is 0 Å². The first-order valence-corrected chi connectivity index (χ1v) is 7.23. The minimum atomic E-state index is -2.98. The van der Waals surface area contributed by atoms with Gasteiger partial charge in [0.1, 0.15) is 5.75 Å². The van der Waals surface area contributed by atoms with Crippen LogP contribution in [0.2, 0.25) is 0 Å². The Kier molecular flexibility index (Phi) is 6.24. The maximum atomic E-state index is 12.3. The molecular formula is C17H16F2N2O3. The molecule has 0 fully saturated rings. The third-order valence-corrected chi connectivity index (χ3v) is 3.05. The fraction of sp³-hybridized carbons (Fsp3) is 0.176. The van der Waals surface area contributed by atoms with Crippen molar-refractivity contribution in [3.8, 4) is 5.75 Å². The Bertz CT molecular complexity index is 693. The maximum absolute atomic E-state index is 12.3. The van der Waals surface area contributed by atoms with Gasteiger partial charge in [0.05, 0.1) is 5.69 Å². The number of amides is 2. The van der Waals surface area contributed by atoms with Crippen molar-refractivity contribution in [1.29, 1.82) is 0 Å². The largest absolute Gasteiger partial charge is 0.433 e. The number of alkyl halides is 2. The third-order valence-electron chi connectivity index (χ3n) is 3.05. The van der Waals surface area contributed by atoms with Crippen LogP contribution in [-0.2, 0) is 4.79 Å². The lowest BCUT2D eigenvalue weighted by Crippen LogP contribution is -2.27. The molecule has 0 saturated carbocycles. The lowest BCUT2D eigenvalue weighted by atomic mass is 10.2. The van der Waals surface area contributed by atoms with E-state index in [2.05, 4.69) is 15.4 Å².